The molecule has 0 aliphatic rings. The van der Waals surface area contributed by atoms with Crippen LogP contribution in [0.4, 0.5) is 0 Å². The fourth-order valence-corrected chi connectivity index (χ4v) is 1.48. The van der Waals surface area contributed by atoms with E-state index in [-0.39, 0.29) is 128 Å². The van der Waals surface area contributed by atoms with Crippen molar-refractivity contribution >= 4 is 23.9 Å². The van der Waals surface area contributed by atoms with E-state index >= 15 is 0 Å². The van der Waals surface area contributed by atoms with Crippen molar-refractivity contribution in [1.29, 1.82) is 0 Å². The van der Waals surface area contributed by atoms with Crippen LogP contribution in [0.3, 0.4) is 0 Å². The molecule has 0 unspecified atom stereocenters. The van der Waals surface area contributed by atoms with Gasteiger partial charge in [-0.2, -0.15) is 0 Å². The van der Waals surface area contributed by atoms with Gasteiger partial charge in [0.2, 0.25) is 0 Å². The maximum Gasteiger partial charge on any atom is 1.00 e. The number of carbonyl (C=O) groups is 4. The predicted molar refractivity (Wildman–Crippen MR) is 66.8 cm³/mol. The van der Waals surface area contributed by atoms with Gasteiger partial charge in [-0.15, -0.1) is 0 Å². The van der Waals surface area contributed by atoms with E-state index in [0.717, 1.165) is 9.80 Å². The van der Waals surface area contributed by atoms with Gasteiger partial charge in [0.15, 0.2) is 0 Å². The molecule has 0 spiro atoms. The molecule has 0 radical (unpaired) electrons. The first-order valence-electron chi connectivity index (χ1n) is 5.52. The van der Waals surface area contributed by atoms with Gasteiger partial charge in [-0.1, -0.05) is 0 Å². The first-order chi connectivity index (χ1) is 9.20. The topological polar surface area (TPSA) is 156 Å². The summed E-state index contributed by atoms with van der Waals surface area (Å²) in [5.41, 5.74) is 0. The van der Waals surface area contributed by atoms with Crippen LogP contribution < -0.4 is 110 Å². The van der Waals surface area contributed by atoms with E-state index in [2.05, 4.69) is 0 Å². The van der Waals surface area contributed by atoms with E-state index in [1.807, 2.05) is 0 Å². The summed E-state index contributed by atoms with van der Waals surface area (Å²) in [5, 5.41) is 34.5. The Kier molecular flexibility index (Phi) is 25.5. The molecule has 0 aliphatic heterocycles. The Bertz CT molecular complexity index is 344. The van der Waals surface area contributed by atoms with Crippen LogP contribution in [0.25, 0.3) is 0 Å². The fourth-order valence-electron chi connectivity index (χ4n) is 1.48. The van der Waals surface area contributed by atoms with Gasteiger partial charge in [0.25, 0.3) is 0 Å². The Hall–Kier alpha value is 1.44. The minimum atomic E-state index is -1.23. The van der Waals surface area contributed by atoms with Crippen molar-refractivity contribution in [2.24, 2.45) is 0 Å². The Morgan fingerprint density at radius 2 is 0.783 bits per heavy atom. The summed E-state index contributed by atoms with van der Waals surface area (Å²) in [5.74, 6) is -4.91. The van der Waals surface area contributed by atoms with Crippen LogP contribution in [0.15, 0.2) is 0 Å². The number of rotatable bonds is 11. The van der Waals surface area contributed by atoms with Gasteiger partial charge in [-0.05, 0) is 0 Å². The number of hydrogen-bond acceptors (Lipinski definition) is 6. The molecular weight excluding hydrogens is 361 g/mol. The van der Waals surface area contributed by atoms with Crippen molar-refractivity contribution in [3.05, 3.63) is 0 Å². The standard InChI is InChI=1S/C10H16N2O8.K.2Na.3H/c13-7(14)3-11(4-8(15)16)1-2-12(5-9(17)18)6-10(19)20;;;;;;/h1-6H2,(H,13,14)(H,15,16)(H,17,18)(H,19,20);;;;;;/q;3*+1;3*-1. The zero-order valence-electron chi connectivity index (χ0n) is 16.6. The van der Waals surface area contributed by atoms with E-state index in [1.165, 1.54) is 0 Å². The third kappa shape index (κ3) is 21.4. The number of carboxylic acid groups (broad SMARTS) is 4. The van der Waals surface area contributed by atoms with Crippen molar-refractivity contribution in [3.8, 4) is 0 Å². The normalized spacial score (nSPS) is 9.30. The molecule has 4 N–H and O–H groups in total. The molecule has 10 nitrogen and oxygen atoms in total. The molecule has 0 amide bonds. The van der Waals surface area contributed by atoms with Crippen LogP contribution >= 0.6 is 0 Å². The number of carboxylic acids is 4. The number of hydrogen-bond donors (Lipinski definition) is 4. The van der Waals surface area contributed by atoms with Gasteiger partial charge in [0.05, 0.1) is 26.2 Å². The van der Waals surface area contributed by atoms with Gasteiger partial charge >= 0.3 is 134 Å². The summed E-state index contributed by atoms with van der Waals surface area (Å²) in [4.78, 5) is 44.4. The average Bonchev–Trinajstić information content (AvgIpc) is 2.22. The summed E-state index contributed by atoms with van der Waals surface area (Å²) in [6, 6.07) is 0. The van der Waals surface area contributed by atoms with Gasteiger partial charge in [-0.3, -0.25) is 29.0 Å². The van der Waals surface area contributed by atoms with E-state index in [1.54, 1.807) is 0 Å². The average molecular weight is 380 g/mol. The van der Waals surface area contributed by atoms with Crippen LogP contribution in [-0.4, -0.2) is 93.4 Å². The van der Waals surface area contributed by atoms with Crippen LogP contribution in [0.5, 0.6) is 0 Å². The van der Waals surface area contributed by atoms with Gasteiger partial charge < -0.3 is 24.7 Å². The quantitative estimate of drug-likeness (QED) is 0.254. The molecule has 0 aromatic heterocycles. The van der Waals surface area contributed by atoms with Crippen LogP contribution in [-0.2, 0) is 19.2 Å². The first-order valence-corrected chi connectivity index (χ1v) is 5.52. The number of aliphatic carboxylic acids is 4. The molecule has 0 aliphatic carbocycles. The SMILES string of the molecule is O=C(O)CN(CCN(CC(=O)O)CC(=O)O)CC(=O)O.[H-].[H-].[H-].[K+].[Na+].[Na+]. The fraction of sp³-hybridized carbons (Fsp3) is 0.600. The third-order valence-electron chi connectivity index (χ3n) is 2.17. The van der Waals surface area contributed by atoms with Gasteiger partial charge in [0.1, 0.15) is 0 Å². The minimum Gasteiger partial charge on any atom is -1.00 e. The Balaban J connectivity index is -0.000000120. The van der Waals surface area contributed by atoms with Crippen molar-refractivity contribution < 1.29 is 154 Å². The van der Waals surface area contributed by atoms with Crippen molar-refractivity contribution in [3.63, 3.8) is 0 Å². The Morgan fingerprint density at radius 1 is 0.609 bits per heavy atom. The van der Waals surface area contributed by atoms with Crippen molar-refractivity contribution in [1.82, 2.24) is 9.80 Å². The second kappa shape index (κ2) is 18.2. The predicted octanol–water partition coefficient (Wildman–Crippen LogP) is -10.7. The second-order valence-corrected chi connectivity index (χ2v) is 4.00. The summed E-state index contributed by atoms with van der Waals surface area (Å²) in [6.07, 6.45) is 0. The smallest absolute Gasteiger partial charge is 1.00 e. The van der Waals surface area contributed by atoms with Crippen molar-refractivity contribution in [2.45, 2.75) is 0 Å². The molecule has 0 aromatic rings. The molecule has 0 heterocycles. The molecule has 0 atom stereocenters. The summed E-state index contributed by atoms with van der Waals surface area (Å²) < 4.78 is 0. The molecule has 23 heavy (non-hydrogen) atoms. The first kappa shape index (κ1) is 32.1. The summed E-state index contributed by atoms with van der Waals surface area (Å²) >= 11 is 0. The second-order valence-electron chi connectivity index (χ2n) is 4.00. The molecular formula is C10H19KN2Na2O8. The largest absolute Gasteiger partial charge is 1.00 e. The molecule has 13 heteroatoms. The summed E-state index contributed by atoms with van der Waals surface area (Å²) in [6.45, 7) is -2.25. The maximum absolute atomic E-state index is 10.6. The zero-order valence-corrected chi connectivity index (χ0v) is 20.7. The van der Waals surface area contributed by atoms with Crippen LogP contribution in [0.2, 0.25) is 0 Å². The van der Waals surface area contributed by atoms with E-state index in [0.29, 0.717) is 0 Å². The molecule has 120 valence electrons. The van der Waals surface area contributed by atoms with Gasteiger partial charge in [-0.25, -0.2) is 0 Å². The van der Waals surface area contributed by atoms with E-state index in [9.17, 15) is 19.2 Å². The number of nitrogens with zero attached hydrogens (tertiary/aromatic N) is 2. The molecule has 0 fully saturated rings. The van der Waals surface area contributed by atoms with Crippen LogP contribution in [0, 0.1) is 0 Å². The van der Waals surface area contributed by atoms with E-state index in [4.69, 9.17) is 20.4 Å². The summed E-state index contributed by atoms with van der Waals surface area (Å²) in [7, 11) is 0. The Labute approximate surface area is 224 Å². The molecule has 0 saturated heterocycles. The van der Waals surface area contributed by atoms with Crippen molar-refractivity contribution in [2.75, 3.05) is 39.3 Å². The van der Waals surface area contributed by atoms with Crippen LogP contribution in [0.1, 0.15) is 4.28 Å². The minimum absolute atomic E-state index is 0. The van der Waals surface area contributed by atoms with Gasteiger partial charge in [0, 0.05) is 13.1 Å². The van der Waals surface area contributed by atoms with E-state index < -0.39 is 50.1 Å². The zero-order chi connectivity index (χ0) is 15.7. The maximum atomic E-state index is 10.6. The Morgan fingerprint density at radius 3 is 0.913 bits per heavy atom. The molecule has 0 bridgehead atoms. The monoisotopic (exact) mass is 380 g/mol. The third-order valence-corrected chi connectivity index (χ3v) is 2.17. The molecule has 0 rings (SSSR count). The molecule has 0 aromatic carbocycles. The molecule has 0 saturated carbocycles.